The molecule has 0 fully saturated rings. The summed E-state index contributed by atoms with van der Waals surface area (Å²) in [5.74, 6) is 1.60. The second kappa shape index (κ2) is 7.92. The molecule has 2 aliphatic rings. The number of rotatable bonds is 3. The fourth-order valence-corrected chi connectivity index (χ4v) is 4.10. The number of para-hydroxylation sites is 1. The van der Waals surface area contributed by atoms with Crippen molar-refractivity contribution in [2.45, 2.75) is 25.7 Å². The zero-order chi connectivity index (χ0) is 19.5. The minimum absolute atomic E-state index is 0.673. The molecule has 0 spiro atoms. The van der Waals surface area contributed by atoms with Crippen LogP contribution in [0.5, 0.6) is 0 Å². The Labute approximate surface area is 171 Å². The lowest BCUT2D eigenvalue weighted by Gasteiger charge is -2.19. The number of allylic oxidation sites excluding steroid dienone is 3. The molecule has 0 atom stereocenters. The number of hydrogen-bond acceptors (Lipinski definition) is 2. The van der Waals surface area contributed by atoms with E-state index < -0.39 is 0 Å². The molecule has 1 aliphatic heterocycles. The van der Waals surface area contributed by atoms with Gasteiger partial charge in [0.2, 0.25) is 5.90 Å². The Morgan fingerprint density at radius 3 is 2.14 bits per heavy atom. The lowest BCUT2D eigenvalue weighted by Crippen LogP contribution is -2.00. The second-order valence-electron chi connectivity index (χ2n) is 7.45. The Bertz CT molecular complexity index is 1110. The van der Waals surface area contributed by atoms with Gasteiger partial charge in [0.1, 0.15) is 5.76 Å². The lowest BCUT2D eigenvalue weighted by atomic mass is 9.87. The van der Waals surface area contributed by atoms with Crippen LogP contribution in [0.1, 0.15) is 42.4 Å². The van der Waals surface area contributed by atoms with Crippen LogP contribution in [0.25, 0.3) is 11.3 Å². The van der Waals surface area contributed by atoms with Crippen LogP contribution in [0.15, 0.2) is 102 Å². The molecule has 3 aromatic carbocycles. The van der Waals surface area contributed by atoms with Crippen molar-refractivity contribution >= 4 is 22.9 Å². The quantitative estimate of drug-likeness (QED) is 0.474. The number of benzene rings is 3. The molecule has 142 valence electrons. The van der Waals surface area contributed by atoms with Crippen LogP contribution in [0, 0.1) is 0 Å². The number of fused-ring (bicyclic) bond motifs is 1. The summed E-state index contributed by atoms with van der Waals surface area (Å²) in [4.78, 5) is 4.81. The van der Waals surface area contributed by atoms with Crippen molar-refractivity contribution in [1.29, 1.82) is 0 Å². The molecular weight excluding hydrogens is 354 g/mol. The SMILES string of the molecule is C1=C(/C(=C2\OC(=Nc3ccccc3)c3ccccc32)c2ccccc2)CCCC1. The maximum absolute atomic E-state index is 6.49. The third-order valence-electron chi connectivity index (χ3n) is 5.49. The molecule has 0 amide bonds. The standard InChI is InChI=1S/C27H23NO/c1-4-12-20(13-5-1)25(21-14-6-2-7-15-21)26-23-18-10-11-19-24(23)27(29-26)28-22-16-8-3-9-17-22/h1,3-5,8-14,16-19H,2,6-7,15H2/b26-25-,28-27?. The van der Waals surface area contributed by atoms with Crippen LogP contribution in [0.4, 0.5) is 5.69 Å². The van der Waals surface area contributed by atoms with E-state index in [2.05, 4.69) is 54.6 Å². The van der Waals surface area contributed by atoms with Crippen molar-refractivity contribution in [1.82, 2.24) is 0 Å². The summed E-state index contributed by atoms with van der Waals surface area (Å²) in [6.07, 6.45) is 7.09. The van der Waals surface area contributed by atoms with Gasteiger partial charge >= 0.3 is 0 Å². The van der Waals surface area contributed by atoms with Gasteiger partial charge in [-0.1, -0.05) is 72.8 Å². The molecule has 2 nitrogen and oxygen atoms in total. The first kappa shape index (κ1) is 17.7. The molecule has 29 heavy (non-hydrogen) atoms. The molecule has 2 heteroatoms. The Balaban J connectivity index is 1.71. The lowest BCUT2D eigenvalue weighted by molar-refractivity contribution is 0.526. The summed E-state index contributed by atoms with van der Waals surface area (Å²) in [6, 6.07) is 29.0. The highest BCUT2D eigenvalue weighted by Crippen LogP contribution is 2.42. The number of hydrogen-bond donors (Lipinski definition) is 0. The maximum Gasteiger partial charge on any atom is 0.227 e. The van der Waals surface area contributed by atoms with Gasteiger partial charge in [-0.15, -0.1) is 0 Å². The normalized spacial score (nSPS) is 18.8. The Hall–Kier alpha value is -3.39. The van der Waals surface area contributed by atoms with E-state index in [0.717, 1.165) is 35.4 Å². The second-order valence-corrected chi connectivity index (χ2v) is 7.45. The van der Waals surface area contributed by atoms with E-state index in [1.165, 1.54) is 29.6 Å². The average Bonchev–Trinajstić information content (AvgIpc) is 3.14. The van der Waals surface area contributed by atoms with Gasteiger partial charge in [-0.25, -0.2) is 4.99 Å². The minimum Gasteiger partial charge on any atom is -0.437 e. The fraction of sp³-hybridized carbons (Fsp3) is 0.148. The van der Waals surface area contributed by atoms with Gasteiger partial charge < -0.3 is 4.74 Å². The van der Waals surface area contributed by atoms with E-state index >= 15 is 0 Å². The molecule has 1 aliphatic carbocycles. The first-order valence-electron chi connectivity index (χ1n) is 10.3. The molecule has 0 bridgehead atoms. The number of ether oxygens (including phenoxy) is 1. The van der Waals surface area contributed by atoms with Crippen LogP contribution in [-0.2, 0) is 4.74 Å². The van der Waals surface area contributed by atoms with Crippen molar-refractivity contribution in [2.24, 2.45) is 4.99 Å². The van der Waals surface area contributed by atoms with E-state index in [9.17, 15) is 0 Å². The fourth-order valence-electron chi connectivity index (χ4n) is 4.10. The predicted molar refractivity (Wildman–Crippen MR) is 120 cm³/mol. The largest absolute Gasteiger partial charge is 0.437 e. The van der Waals surface area contributed by atoms with Crippen molar-refractivity contribution in [3.05, 3.63) is 113 Å². The molecule has 0 aromatic heterocycles. The van der Waals surface area contributed by atoms with Crippen molar-refractivity contribution in [2.75, 3.05) is 0 Å². The molecule has 0 saturated heterocycles. The molecule has 0 unspecified atom stereocenters. The Morgan fingerprint density at radius 2 is 1.41 bits per heavy atom. The zero-order valence-electron chi connectivity index (χ0n) is 16.3. The van der Waals surface area contributed by atoms with E-state index in [-0.39, 0.29) is 0 Å². The number of nitrogens with zero attached hydrogens (tertiary/aromatic N) is 1. The summed E-state index contributed by atoms with van der Waals surface area (Å²) in [7, 11) is 0. The van der Waals surface area contributed by atoms with E-state index in [4.69, 9.17) is 9.73 Å². The van der Waals surface area contributed by atoms with Crippen LogP contribution in [0.3, 0.4) is 0 Å². The molecule has 0 N–H and O–H groups in total. The zero-order valence-corrected chi connectivity index (χ0v) is 16.3. The van der Waals surface area contributed by atoms with Crippen LogP contribution < -0.4 is 0 Å². The maximum atomic E-state index is 6.49. The smallest absolute Gasteiger partial charge is 0.227 e. The van der Waals surface area contributed by atoms with Gasteiger partial charge in [-0.2, -0.15) is 0 Å². The molecule has 3 aromatic rings. The third kappa shape index (κ3) is 3.54. The highest BCUT2D eigenvalue weighted by molar-refractivity contribution is 6.12. The summed E-state index contributed by atoms with van der Waals surface area (Å²) in [5, 5.41) is 0. The summed E-state index contributed by atoms with van der Waals surface area (Å²) < 4.78 is 6.49. The van der Waals surface area contributed by atoms with Gasteiger partial charge in [0.25, 0.3) is 0 Å². The molecule has 5 rings (SSSR count). The highest BCUT2D eigenvalue weighted by Gasteiger charge is 2.29. The van der Waals surface area contributed by atoms with Gasteiger partial charge in [0.15, 0.2) is 0 Å². The van der Waals surface area contributed by atoms with Crippen LogP contribution in [0.2, 0.25) is 0 Å². The van der Waals surface area contributed by atoms with Crippen molar-refractivity contribution in [3.8, 4) is 0 Å². The summed E-state index contributed by atoms with van der Waals surface area (Å²) in [6.45, 7) is 0. The average molecular weight is 377 g/mol. The van der Waals surface area contributed by atoms with Crippen LogP contribution in [-0.4, -0.2) is 5.90 Å². The molecule has 1 heterocycles. The molecule has 0 radical (unpaired) electrons. The highest BCUT2D eigenvalue weighted by atomic mass is 16.5. The molecular formula is C27H23NO. The molecule has 0 saturated carbocycles. The van der Waals surface area contributed by atoms with E-state index in [1.807, 2.05) is 36.4 Å². The number of aliphatic imine (C=N–C) groups is 1. The monoisotopic (exact) mass is 377 g/mol. The Kier molecular flexibility index (Phi) is 4.83. The van der Waals surface area contributed by atoms with Gasteiger partial charge in [-0.3, -0.25) is 0 Å². The van der Waals surface area contributed by atoms with Crippen LogP contribution >= 0.6 is 0 Å². The van der Waals surface area contributed by atoms with Gasteiger partial charge in [0, 0.05) is 16.7 Å². The minimum atomic E-state index is 0.673. The Morgan fingerprint density at radius 1 is 0.724 bits per heavy atom. The topological polar surface area (TPSA) is 21.6 Å². The predicted octanol–water partition coefficient (Wildman–Crippen LogP) is 7.16. The first-order chi connectivity index (χ1) is 14.4. The van der Waals surface area contributed by atoms with Crippen molar-refractivity contribution < 1.29 is 4.74 Å². The first-order valence-corrected chi connectivity index (χ1v) is 10.3. The van der Waals surface area contributed by atoms with E-state index in [0.29, 0.717) is 5.90 Å². The van der Waals surface area contributed by atoms with Gasteiger partial charge in [-0.05, 0) is 55.0 Å². The summed E-state index contributed by atoms with van der Waals surface area (Å²) in [5.41, 5.74) is 6.86. The van der Waals surface area contributed by atoms with E-state index in [1.54, 1.807) is 0 Å². The summed E-state index contributed by atoms with van der Waals surface area (Å²) >= 11 is 0. The van der Waals surface area contributed by atoms with Gasteiger partial charge in [0.05, 0.1) is 5.69 Å². The van der Waals surface area contributed by atoms with Crippen molar-refractivity contribution in [3.63, 3.8) is 0 Å². The third-order valence-corrected chi connectivity index (χ3v) is 5.49.